The summed E-state index contributed by atoms with van der Waals surface area (Å²) in [5.41, 5.74) is 2.43. The van der Waals surface area contributed by atoms with Crippen molar-refractivity contribution >= 4 is 27.5 Å². The van der Waals surface area contributed by atoms with Crippen LogP contribution in [0.2, 0.25) is 0 Å². The summed E-state index contributed by atoms with van der Waals surface area (Å²) in [6, 6.07) is 9.40. The monoisotopic (exact) mass is 293 g/mol. The molecule has 0 unspecified atom stereocenters. The normalized spacial score (nSPS) is 10.2. The zero-order chi connectivity index (χ0) is 12.3. The summed E-state index contributed by atoms with van der Waals surface area (Å²) in [5.74, 6) is 0.568. The molecule has 1 heterocycles. The lowest BCUT2D eigenvalue weighted by atomic mass is 10.2. The predicted molar refractivity (Wildman–Crippen MR) is 70.5 cm³/mol. The van der Waals surface area contributed by atoms with Crippen LogP contribution in [0.1, 0.15) is 21.7 Å². The maximum atomic E-state index is 11.8. The van der Waals surface area contributed by atoms with Gasteiger partial charge in [-0.05, 0) is 30.7 Å². The molecule has 1 aromatic carbocycles. The van der Waals surface area contributed by atoms with E-state index in [0.29, 0.717) is 5.56 Å². The molecule has 0 atom stereocenters. The maximum Gasteiger partial charge on any atom is 0.258 e. The quantitative estimate of drug-likeness (QED) is 0.876. The van der Waals surface area contributed by atoms with Crippen LogP contribution in [0, 0.1) is 6.92 Å². The van der Waals surface area contributed by atoms with Crippen molar-refractivity contribution in [2.75, 3.05) is 5.32 Å². The standard InChI is InChI=1S/C13H12BrNO2/c1-9-5-11(8-17-9)13(16)15-12-4-2-3-10(6-12)7-14/h2-6,8H,7H2,1H3,(H,15,16). The van der Waals surface area contributed by atoms with Gasteiger partial charge in [0.2, 0.25) is 0 Å². The molecule has 3 nitrogen and oxygen atoms in total. The van der Waals surface area contributed by atoms with Crippen molar-refractivity contribution < 1.29 is 9.21 Å². The van der Waals surface area contributed by atoms with Gasteiger partial charge in [-0.1, -0.05) is 28.1 Å². The number of anilines is 1. The number of furan rings is 1. The molecule has 1 aromatic heterocycles. The van der Waals surface area contributed by atoms with Crippen molar-refractivity contribution in [2.24, 2.45) is 0 Å². The third-order valence-corrected chi connectivity index (χ3v) is 2.98. The SMILES string of the molecule is Cc1cc(C(=O)Nc2cccc(CBr)c2)co1. The lowest BCUT2D eigenvalue weighted by Crippen LogP contribution is -2.10. The fourth-order valence-electron chi connectivity index (χ4n) is 1.50. The van der Waals surface area contributed by atoms with Crippen molar-refractivity contribution in [3.8, 4) is 0 Å². The average Bonchev–Trinajstić information content (AvgIpc) is 2.76. The summed E-state index contributed by atoms with van der Waals surface area (Å²) in [5, 5.41) is 3.59. The summed E-state index contributed by atoms with van der Waals surface area (Å²) in [4.78, 5) is 11.8. The number of hydrogen-bond donors (Lipinski definition) is 1. The molecule has 0 saturated heterocycles. The number of aryl methyl sites for hydroxylation is 1. The highest BCUT2D eigenvalue weighted by molar-refractivity contribution is 9.08. The van der Waals surface area contributed by atoms with Crippen LogP contribution in [-0.2, 0) is 5.33 Å². The van der Waals surface area contributed by atoms with E-state index in [2.05, 4.69) is 21.2 Å². The van der Waals surface area contributed by atoms with Gasteiger partial charge in [-0.3, -0.25) is 4.79 Å². The largest absolute Gasteiger partial charge is 0.469 e. The zero-order valence-electron chi connectivity index (χ0n) is 9.37. The van der Waals surface area contributed by atoms with E-state index in [1.807, 2.05) is 31.2 Å². The van der Waals surface area contributed by atoms with Gasteiger partial charge >= 0.3 is 0 Å². The highest BCUT2D eigenvalue weighted by Crippen LogP contribution is 2.15. The number of benzene rings is 1. The van der Waals surface area contributed by atoms with Crippen LogP contribution in [0.15, 0.2) is 41.0 Å². The Morgan fingerprint density at radius 3 is 2.88 bits per heavy atom. The minimum absolute atomic E-state index is 0.159. The van der Waals surface area contributed by atoms with Crippen molar-refractivity contribution in [3.63, 3.8) is 0 Å². The Hall–Kier alpha value is -1.55. The van der Waals surface area contributed by atoms with E-state index in [0.717, 1.165) is 22.3 Å². The van der Waals surface area contributed by atoms with Crippen molar-refractivity contribution in [1.82, 2.24) is 0 Å². The first kappa shape index (κ1) is 11.9. The van der Waals surface area contributed by atoms with Gasteiger partial charge in [0.25, 0.3) is 5.91 Å². The van der Waals surface area contributed by atoms with Gasteiger partial charge in [0.05, 0.1) is 5.56 Å². The minimum atomic E-state index is -0.159. The molecule has 2 rings (SSSR count). The van der Waals surface area contributed by atoms with Crippen LogP contribution in [0.3, 0.4) is 0 Å². The van der Waals surface area contributed by atoms with E-state index >= 15 is 0 Å². The van der Waals surface area contributed by atoms with E-state index in [9.17, 15) is 4.79 Å². The predicted octanol–water partition coefficient (Wildman–Crippen LogP) is 3.74. The third kappa shape index (κ3) is 2.97. The van der Waals surface area contributed by atoms with Gasteiger partial charge in [0.15, 0.2) is 0 Å². The second-order valence-corrected chi connectivity index (χ2v) is 4.29. The highest BCUT2D eigenvalue weighted by atomic mass is 79.9. The van der Waals surface area contributed by atoms with Gasteiger partial charge in [-0.25, -0.2) is 0 Å². The van der Waals surface area contributed by atoms with Crippen molar-refractivity contribution in [3.05, 3.63) is 53.5 Å². The van der Waals surface area contributed by atoms with Gasteiger partial charge in [0.1, 0.15) is 12.0 Å². The summed E-state index contributed by atoms with van der Waals surface area (Å²) in [7, 11) is 0. The molecule has 1 N–H and O–H groups in total. The lowest BCUT2D eigenvalue weighted by Gasteiger charge is -2.04. The molecule has 0 aliphatic rings. The van der Waals surface area contributed by atoms with Gasteiger partial charge in [0, 0.05) is 11.0 Å². The van der Waals surface area contributed by atoms with Crippen LogP contribution in [-0.4, -0.2) is 5.91 Å². The van der Waals surface area contributed by atoms with E-state index < -0.39 is 0 Å². The Bertz CT molecular complexity index is 534. The van der Waals surface area contributed by atoms with E-state index in [4.69, 9.17) is 4.42 Å². The van der Waals surface area contributed by atoms with Gasteiger partial charge < -0.3 is 9.73 Å². The van der Waals surface area contributed by atoms with Crippen LogP contribution in [0.5, 0.6) is 0 Å². The smallest absolute Gasteiger partial charge is 0.258 e. The number of alkyl halides is 1. The molecule has 0 bridgehead atoms. The van der Waals surface area contributed by atoms with Crippen molar-refractivity contribution in [1.29, 1.82) is 0 Å². The molecule has 4 heteroatoms. The Morgan fingerprint density at radius 1 is 1.41 bits per heavy atom. The topological polar surface area (TPSA) is 42.2 Å². The minimum Gasteiger partial charge on any atom is -0.469 e. The first-order chi connectivity index (χ1) is 8.19. The van der Waals surface area contributed by atoms with E-state index in [1.54, 1.807) is 6.07 Å². The van der Waals surface area contributed by atoms with Crippen LogP contribution in [0.25, 0.3) is 0 Å². The summed E-state index contributed by atoms with van der Waals surface area (Å²) in [6.45, 7) is 1.81. The molecule has 2 aromatic rings. The second kappa shape index (κ2) is 5.19. The second-order valence-electron chi connectivity index (χ2n) is 3.73. The Balaban J connectivity index is 2.12. The Kier molecular flexibility index (Phi) is 3.64. The maximum absolute atomic E-state index is 11.8. The molecular formula is C13H12BrNO2. The average molecular weight is 294 g/mol. The Morgan fingerprint density at radius 2 is 2.24 bits per heavy atom. The number of hydrogen-bond acceptors (Lipinski definition) is 2. The van der Waals surface area contributed by atoms with Gasteiger partial charge in [-0.15, -0.1) is 0 Å². The number of nitrogens with one attached hydrogen (secondary N) is 1. The number of carbonyl (C=O) groups is 1. The molecule has 0 aliphatic heterocycles. The lowest BCUT2D eigenvalue weighted by molar-refractivity contribution is 0.102. The molecule has 0 fully saturated rings. The van der Waals surface area contributed by atoms with Crippen molar-refractivity contribution in [2.45, 2.75) is 12.3 Å². The molecule has 0 radical (unpaired) electrons. The van der Waals surface area contributed by atoms with E-state index in [-0.39, 0.29) is 5.91 Å². The van der Waals surface area contributed by atoms with Crippen LogP contribution >= 0.6 is 15.9 Å². The fourth-order valence-corrected chi connectivity index (χ4v) is 1.85. The molecule has 0 saturated carbocycles. The molecule has 0 aliphatic carbocycles. The number of amides is 1. The number of carbonyl (C=O) groups excluding carboxylic acids is 1. The summed E-state index contributed by atoms with van der Waals surface area (Å²) < 4.78 is 5.10. The van der Waals surface area contributed by atoms with Crippen LogP contribution in [0.4, 0.5) is 5.69 Å². The molecule has 88 valence electrons. The molecular weight excluding hydrogens is 282 g/mol. The number of rotatable bonds is 3. The summed E-state index contributed by atoms with van der Waals surface area (Å²) in [6.07, 6.45) is 1.46. The fraction of sp³-hybridized carbons (Fsp3) is 0.154. The first-order valence-electron chi connectivity index (χ1n) is 5.20. The number of halogens is 1. The molecule has 17 heavy (non-hydrogen) atoms. The molecule has 1 amide bonds. The van der Waals surface area contributed by atoms with E-state index in [1.165, 1.54) is 6.26 Å². The third-order valence-electron chi connectivity index (χ3n) is 2.33. The molecule has 0 spiro atoms. The van der Waals surface area contributed by atoms with Gasteiger partial charge in [-0.2, -0.15) is 0 Å². The Labute approximate surface area is 108 Å². The summed E-state index contributed by atoms with van der Waals surface area (Å²) >= 11 is 3.38. The zero-order valence-corrected chi connectivity index (χ0v) is 11.0. The highest BCUT2D eigenvalue weighted by Gasteiger charge is 2.08. The first-order valence-corrected chi connectivity index (χ1v) is 6.32. The van der Waals surface area contributed by atoms with Crippen LogP contribution < -0.4 is 5.32 Å².